The molecule has 6 heteroatoms. The highest BCUT2D eigenvalue weighted by molar-refractivity contribution is 5.63. The fourth-order valence-electron chi connectivity index (χ4n) is 2.93. The van der Waals surface area contributed by atoms with Crippen LogP contribution in [0.5, 0.6) is 11.5 Å². The Balaban J connectivity index is 1.61. The number of hydrogen-bond donors (Lipinski definition) is 1. The van der Waals surface area contributed by atoms with E-state index in [2.05, 4.69) is 15.1 Å². The van der Waals surface area contributed by atoms with Gasteiger partial charge in [-0.05, 0) is 56.6 Å². The average molecular weight is 329 g/mol. The Bertz CT molecular complexity index is 703. The van der Waals surface area contributed by atoms with Gasteiger partial charge in [-0.3, -0.25) is 4.79 Å². The summed E-state index contributed by atoms with van der Waals surface area (Å²) in [6.07, 6.45) is 3.64. The molecule has 1 fully saturated rings. The second-order valence-electron chi connectivity index (χ2n) is 5.92. The van der Waals surface area contributed by atoms with Crippen LogP contribution in [-0.4, -0.2) is 48.4 Å². The molecule has 1 aromatic carbocycles. The van der Waals surface area contributed by atoms with Crippen molar-refractivity contribution in [1.82, 2.24) is 15.1 Å². The molecule has 2 heterocycles. The molecule has 0 bridgehead atoms. The lowest BCUT2D eigenvalue weighted by molar-refractivity contribution is 0.254. The predicted octanol–water partition coefficient (Wildman–Crippen LogP) is 2.31. The average Bonchev–Trinajstić information content (AvgIpc) is 3.13. The SMILES string of the molecule is COc1cc(-c2ccc(=O)[nH]n2)ccc1OCCCN1CCCC1. The number of nitrogens with zero attached hydrogens (tertiary/aromatic N) is 2. The molecule has 0 saturated carbocycles. The minimum atomic E-state index is -0.219. The third-order valence-corrected chi connectivity index (χ3v) is 4.21. The second kappa shape index (κ2) is 7.97. The van der Waals surface area contributed by atoms with Gasteiger partial charge in [-0.1, -0.05) is 0 Å². The molecule has 2 aromatic rings. The van der Waals surface area contributed by atoms with E-state index in [0.29, 0.717) is 18.1 Å². The first-order chi connectivity index (χ1) is 11.8. The fraction of sp³-hybridized carbons (Fsp3) is 0.444. The van der Waals surface area contributed by atoms with Crippen LogP contribution in [0.15, 0.2) is 35.1 Å². The summed E-state index contributed by atoms with van der Waals surface area (Å²) in [4.78, 5) is 13.6. The van der Waals surface area contributed by atoms with Gasteiger partial charge >= 0.3 is 0 Å². The van der Waals surface area contributed by atoms with E-state index in [1.54, 1.807) is 13.2 Å². The molecule has 1 aliphatic heterocycles. The van der Waals surface area contributed by atoms with E-state index < -0.39 is 0 Å². The van der Waals surface area contributed by atoms with E-state index in [1.165, 1.54) is 32.0 Å². The van der Waals surface area contributed by atoms with Crippen LogP contribution < -0.4 is 15.0 Å². The number of benzene rings is 1. The lowest BCUT2D eigenvalue weighted by atomic mass is 10.1. The van der Waals surface area contributed by atoms with Crippen molar-refractivity contribution < 1.29 is 9.47 Å². The van der Waals surface area contributed by atoms with Crippen molar-refractivity contribution in [3.05, 3.63) is 40.7 Å². The van der Waals surface area contributed by atoms with Crippen LogP contribution in [0.4, 0.5) is 0 Å². The molecule has 3 rings (SSSR count). The number of methoxy groups -OCH3 is 1. The molecule has 0 amide bonds. The van der Waals surface area contributed by atoms with Gasteiger partial charge in [0.2, 0.25) is 0 Å². The summed E-state index contributed by atoms with van der Waals surface area (Å²) in [5.74, 6) is 1.40. The summed E-state index contributed by atoms with van der Waals surface area (Å²) in [5, 5.41) is 6.47. The van der Waals surface area contributed by atoms with Crippen LogP contribution in [0.25, 0.3) is 11.3 Å². The number of likely N-dealkylation sites (tertiary alicyclic amines) is 1. The number of aromatic amines is 1. The van der Waals surface area contributed by atoms with Crippen molar-refractivity contribution in [2.24, 2.45) is 0 Å². The molecule has 1 N–H and O–H groups in total. The highest BCUT2D eigenvalue weighted by Crippen LogP contribution is 2.31. The zero-order chi connectivity index (χ0) is 16.8. The molecule has 0 spiro atoms. The third kappa shape index (κ3) is 4.14. The van der Waals surface area contributed by atoms with Crippen molar-refractivity contribution in [2.75, 3.05) is 33.4 Å². The van der Waals surface area contributed by atoms with E-state index in [-0.39, 0.29) is 5.56 Å². The van der Waals surface area contributed by atoms with Crippen molar-refractivity contribution in [3.8, 4) is 22.8 Å². The van der Waals surface area contributed by atoms with Crippen LogP contribution in [-0.2, 0) is 0 Å². The van der Waals surface area contributed by atoms with Gasteiger partial charge in [-0.25, -0.2) is 5.10 Å². The maximum absolute atomic E-state index is 11.1. The number of rotatable bonds is 7. The third-order valence-electron chi connectivity index (χ3n) is 4.21. The van der Waals surface area contributed by atoms with Gasteiger partial charge in [0.05, 0.1) is 19.4 Å². The zero-order valence-electron chi connectivity index (χ0n) is 14.0. The maximum atomic E-state index is 11.1. The van der Waals surface area contributed by atoms with E-state index >= 15 is 0 Å². The standard InChI is InChI=1S/C18H23N3O3/c1-23-17-13-14(15-6-8-18(22)20-19-15)5-7-16(17)24-12-4-11-21-9-2-3-10-21/h5-8,13H,2-4,9-12H2,1H3,(H,20,22). The van der Waals surface area contributed by atoms with Crippen LogP contribution in [0, 0.1) is 0 Å². The van der Waals surface area contributed by atoms with E-state index in [4.69, 9.17) is 9.47 Å². The summed E-state index contributed by atoms with van der Waals surface area (Å²) in [5.41, 5.74) is 1.34. The molecular weight excluding hydrogens is 306 g/mol. The molecule has 128 valence electrons. The molecule has 24 heavy (non-hydrogen) atoms. The fourth-order valence-corrected chi connectivity index (χ4v) is 2.93. The van der Waals surface area contributed by atoms with Gasteiger partial charge in [0.25, 0.3) is 5.56 Å². The number of nitrogens with one attached hydrogen (secondary N) is 1. The number of H-pyrrole nitrogens is 1. The van der Waals surface area contributed by atoms with Gasteiger partial charge in [0.1, 0.15) is 0 Å². The zero-order valence-corrected chi connectivity index (χ0v) is 14.0. The van der Waals surface area contributed by atoms with E-state index in [1.807, 2.05) is 18.2 Å². The van der Waals surface area contributed by atoms with E-state index in [9.17, 15) is 4.79 Å². The molecule has 1 aromatic heterocycles. The van der Waals surface area contributed by atoms with Gasteiger partial charge in [0.15, 0.2) is 11.5 Å². The summed E-state index contributed by atoms with van der Waals surface area (Å²) in [7, 11) is 1.62. The van der Waals surface area contributed by atoms with Crippen molar-refractivity contribution in [2.45, 2.75) is 19.3 Å². The lowest BCUT2D eigenvalue weighted by Gasteiger charge is -2.15. The monoisotopic (exact) mass is 329 g/mol. The Labute approximate surface area is 141 Å². The van der Waals surface area contributed by atoms with Crippen LogP contribution in [0.1, 0.15) is 19.3 Å². The Morgan fingerprint density at radius 1 is 1.17 bits per heavy atom. The number of ether oxygens (including phenoxy) is 2. The summed E-state index contributed by atoms with van der Waals surface area (Å²) in [6.45, 7) is 4.18. The molecule has 1 aliphatic rings. The molecule has 0 unspecified atom stereocenters. The highest BCUT2D eigenvalue weighted by Gasteiger charge is 2.11. The Morgan fingerprint density at radius 3 is 2.71 bits per heavy atom. The van der Waals surface area contributed by atoms with Gasteiger partial charge in [-0.15, -0.1) is 0 Å². The molecule has 0 aliphatic carbocycles. The van der Waals surface area contributed by atoms with E-state index in [0.717, 1.165) is 24.3 Å². The topological polar surface area (TPSA) is 67.5 Å². The number of hydrogen-bond acceptors (Lipinski definition) is 5. The normalized spacial score (nSPS) is 14.7. The van der Waals surface area contributed by atoms with Crippen molar-refractivity contribution in [1.29, 1.82) is 0 Å². The largest absolute Gasteiger partial charge is 0.493 e. The van der Waals surface area contributed by atoms with Gasteiger partial charge < -0.3 is 14.4 Å². The molecule has 6 nitrogen and oxygen atoms in total. The lowest BCUT2D eigenvalue weighted by Crippen LogP contribution is -2.21. The van der Waals surface area contributed by atoms with Gasteiger partial charge in [-0.2, -0.15) is 5.10 Å². The van der Waals surface area contributed by atoms with Gasteiger partial charge in [0, 0.05) is 18.2 Å². The highest BCUT2D eigenvalue weighted by atomic mass is 16.5. The van der Waals surface area contributed by atoms with Crippen LogP contribution in [0.3, 0.4) is 0 Å². The first kappa shape index (κ1) is 16.5. The Kier molecular flexibility index (Phi) is 5.48. The molecule has 0 radical (unpaired) electrons. The van der Waals surface area contributed by atoms with Crippen molar-refractivity contribution in [3.63, 3.8) is 0 Å². The first-order valence-corrected chi connectivity index (χ1v) is 8.35. The number of aromatic nitrogens is 2. The Morgan fingerprint density at radius 2 is 2.00 bits per heavy atom. The minimum Gasteiger partial charge on any atom is -0.493 e. The maximum Gasteiger partial charge on any atom is 0.264 e. The molecule has 1 saturated heterocycles. The Hall–Kier alpha value is -2.34. The second-order valence-corrected chi connectivity index (χ2v) is 5.92. The molecular formula is C18H23N3O3. The smallest absolute Gasteiger partial charge is 0.264 e. The van der Waals surface area contributed by atoms with Crippen molar-refractivity contribution >= 4 is 0 Å². The summed E-state index contributed by atoms with van der Waals surface area (Å²) < 4.78 is 11.3. The summed E-state index contributed by atoms with van der Waals surface area (Å²) in [6, 6.07) is 8.81. The predicted molar refractivity (Wildman–Crippen MR) is 92.6 cm³/mol. The van der Waals surface area contributed by atoms with Crippen LogP contribution >= 0.6 is 0 Å². The minimum absolute atomic E-state index is 0.219. The van der Waals surface area contributed by atoms with Crippen LogP contribution in [0.2, 0.25) is 0 Å². The summed E-state index contributed by atoms with van der Waals surface area (Å²) >= 11 is 0. The molecule has 0 atom stereocenters. The first-order valence-electron chi connectivity index (χ1n) is 8.35. The quantitative estimate of drug-likeness (QED) is 0.790.